The van der Waals surface area contributed by atoms with Gasteiger partial charge in [0.25, 0.3) is 15.9 Å². The van der Waals surface area contributed by atoms with E-state index in [1.54, 1.807) is 67.1 Å². The maximum absolute atomic E-state index is 13.8. The van der Waals surface area contributed by atoms with Crippen molar-refractivity contribution < 1.29 is 22.2 Å². The lowest BCUT2D eigenvalue weighted by atomic mass is 9.96. The van der Waals surface area contributed by atoms with Crippen molar-refractivity contribution in [3.63, 3.8) is 0 Å². The van der Waals surface area contributed by atoms with Crippen LogP contribution in [0.1, 0.15) is 32.9 Å². The summed E-state index contributed by atoms with van der Waals surface area (Å²) in [7, 11) is -2.40. The molecule has 0 atom stereocenters. The monoisotopic (exact) mass is 622 g/mol. The Balaban J connectivity index is 1.39. The molecule has 3 heterocycles. The number of nitrogens with zero attached hydrogens (tertiary/aromatic N) is 5. The third-order valence-corrected chi connectivity index (χ3v) is 9.02. The number of anilines is 1. The van der Waals surface area contributed by atoms with Crippen LogP contribution in [-0.2, 0) is 16.6 Å². The quantitative estimate of drug-likeness (QED) is 0.202. The minimum Gasteiger partial charge on any atom is -0.445 e. The van der Waals surface area contributed by atoms with Gasteiger partial charge in [0.1, 0.15) is 6.26 Å². The van der Waals surface area contributed by atoms with Gasteiger partial charge in [-0.2, -0.15) is 5.10 Å². The minimum atomic E-state index is -4.09. The van der Waals surface area contributed by atoms with Crippen molar-refractivity contribution >= 4 is 21.8 Å². The summed E-state index contributed by atoms with van der Waals surface area (Å²) in [6, 6.07) is 21.7. The molecule has 45 heavy (non-hydrogen) atoms. The highest BCUT2D eigenvalue weighted by molar-refractivity contribution is 7.92. The lowest BCUT2D eigenvalue weighted by Gasteiger charge is -2.21. The van der Waals surface area contributed by atoms with Crippen molar-refractivity contribution in [2.24, 2.45) is 0 Å². The van der Waals surface area contributed by atoms with E-state index in [9.17, 15) is 13.2 Å². The van der Waals surface area contributed by atoms with Gasteiger partial charge in [-0.05, 0) is 62.2 Å². The summed E-state index contributed by atoms with van der Waals surface area (Å²) in [5.41, 5.74) is 5.61. The van der Waals surface area contributed by atoms with Gasteiger partial charge in [0, 0.05) is 30.3 Å². The number of aromatic nitrogens is 4. The molecule has 0 spiro atoms. The number of carbonyl (C=O) groups excluding carboxylic acids is 1. The highest BCUT2D eigenvalue weighted by Crippen LogP contribution is 2.35. The number of carbonyl (C=O) groups is 1. The predicted molar refractivity (Wildman–Crippen MR) is 168 cm³/mol. The van der Waals surface area contributed by atoms with Crippen LogP contribution >= 0.6 is 0 Å². The second-order valence-electron chi connectivity index (χ2n) is 10.6. The molecule has 0 aliphatic heterocycles. The number of para-hydroxylation sites is 1. The zero-order chi connectivity index (χ0) is 31.7. The van der Waals surface area contributed by atoms with Gasteiger partial charge in [0.05, 0.1) is 39.9 Å². The number of hydrogen-bond acceptors (Lipinski definition) is 8. The van der Waals surface area contributed by atoms with E-state index in [2.05, 4.69) is 20.0 Å². The minimum absolute atomic E-state index is 0.0394. The first-order valence-corrected chi connectivity index (χ1v) is 15.6. The standard InChI is InChI=1S/C33H30N6O5S/c1-21-22(2)36-44-31(21)37-45(41,42)30-13-9-8-12-28(30)27-15-14-24(32-34-16-17-43-32)18-25(27)20-38(4)33(40)29-19-35-39(23(29)3)26-10-6-5-7-11-26/h5-19,37H,20H2,1-4H3. The summed E-state index contributed by atoms with van der Waals surface area (Å²) in [6.45, 7) is 5.47. The van der Waals surface area contributed by atoms with Crippen LogP contribution in [-0.4, -0.2) is 46.2 Å². The molecule has 3 aromatic carbocycles. The molecule has 0 aliphatic rings. The Morgan fingerprint density at radius 3 is 2.44 bits per heavy atom. The molecule has 0 fully saturated rings. The fraction of sp³-hybridized carbons (Fsp3) is 0.152. The molecular weight excluding hydrogens is 592 g/mol. The van der Waals surface area contributed by atoms with Gasteiger partial charge in [-0.3, -0.25) is 4.79 Å². The van der Waals surface area contributed by atoms with E-state index in [4.69, 9.17) is 8.94 Å². The zero-order valence-electron chi connectivity index (χ0n) is 25.1. The number of sulfonamides is 1. The fourth-order valence-electron chi connectivity index (χ4n) is 5.08. The van der Waals surface area contributed by atoms with Crippen LogP contribution < -0.4 is 4.72 Å². The molecule has 6 aromatic rings. The Hall–Kier alpha value is -5.49. The smallest absolute Gasteiger partial charge is 0.264 e. The molecule has 6 rings (SSSR count). The SMILES string of the molecule is Cc1noc(NS(=O)(=O)c2ccccc2-c2ccc(-c3ncco3)cc2CN(C)C(=O)c2cnn(-c3ccccc3)c2C)c1C. The van der Waals surface area contributed by atoms with Crippen molar-refractivity contribution in [1.82, 2.24) is 24.8 Å². The summed E-state index contributed by atoms with van der Waals surface area (Å²) >= 11 is 0. The van der Waals surface area contributed by atoms with Crippen molar-refractivity contribution in [3.05, 3.63) is 120 Å². The molecule has 0 saturated carbocycles. The lowest BCUT2D eigenvalue weighted by molar-refractivity contribution is 0.0784. The van der Waals surface area contributed by atoms with E-state index >= 15 is 0 Å². The van der Waals surface area contributed by atoms with Crippen molar-refractivity contribution in [3.8, 4) is 28.3 Å². The van der Waals surface area contributed by atoms with Crippen molar-refractivity contribution in [1.29, 1.82) is 0 Å². The number of nitrogens with one attached hydrogen (secondary N) is 1. The van der Waals surface area contributed by atoms with Crippen LogP contribution in [0.15, 0.2) is 105 Å². The summed E-state index contributed by atoms with van der Waals surface area (Å²) in [6.07, 6.45) is 4.59. The summed E-state index contributed by atoms with van der Waals surface area (Å²) in [5, 5.41) is 8.31. The van der Waals surface area contributed by atoms with Gasteiger partial charge < -0.3 is 13.8 Å². The molecule has 0 bridgehead atoms. The number of benzene rings is 3. The van der Waals surface area contributed by atoms with Gasteiger partial charge in [-0.1, -0.05) is 47.6 Å². The first-order valence-electron chi connectivity index (χ1n) is 14.1. The van der Waals surface area contributed by atoms with E-state index in [1.165, 1.54) is 12.3 Å². The number of aryl methyl sites for hydroxylation is 1. The van der Waals surface area contributed by atoms with Crippen molar-refractivity contribution in [2.45, 2.75) is 32.2 Å². The van der Waals surface area contributed by atoms with E-state index < -0.39 is 10.0 Å². The first kappa shape index (κ1) is 29.6. The van der Waals surface area contributed by atoms with Gasteiger partial charge in [0.2, 0.25) is 11.8 Å². The van der Waals surface area contributed by atoms with Crippen molar-refractivity contribution in [2.75, 3.05) is 11.8 Å². The number of hydrogen-bond donors (Lipinski definition) is 1. The molecule has 3 aromatic heterocycles. The normalized spacial score (nSPS) is 11.5. The van der Waals surface area contributed by atoms with Gasteiger partial charge >= 0.3 is 0 Å². The maximum atomic E-state index is 13.8. The second-order valence-corrected chi connectivity index (χ2v) is 12.2. The van der Waals surface area contributed by atoms with Crippen LogP contribution in [0.25, 0.3) is 28.3 Å². The summed E-state index contributed by atoms with van der Waals surface area (Å²) in [5.74, 6) is 0.218. The summed E-state index contributed by atoms with van der Waals surface area (Å²) in [4.78, 5) is 19.6. The van der Waals surface area contributed by atoms with Crippen LogP contribution in [0.4, 0.5) is 5.88 Å². The van der Waals surface area contributed by atoms with Gasteiger partial charge in [0.15, 0.2) is 0 Å². The molecular formula is C33H30N6O5S. The average Bonchev–Trinajstić information content (AvgIpc) is 3.79. The molecule has 1 N–H and O–H groups in total. The van der Waals surface area contributed by atoms with Gasteiger partial charge in [-0.25, -0.2) is 22.8 Å². The Morgan fingerprint density at radius 2 is 1.73 bits per heavy atom. The third-order valence-electron chi connectivity index (χ3n) is 7.63. The van der Waals surface area contributed by atoms with Crippen LogP contribution in [0, 0.1) is 20.8 Å². The Labute approximate surface area is 260 Å². The first-order chi connectivity index (χ1) is 21.6. The van der Waals surface area contributed by atoms with Crippen LogP contribution in [0.5, 0.6) is 0 Å². The predicted octanol–water partition coefficient (Wildman–Crippen LogP) is 6.18. The van der Waals surface area contributed by atoms with E-state index in [0.717, 1.165) is 5.69 Å². The number of amides is 1. The average molecular weight is 623 g/mol. The highest BCUT2D eigenvalue weighted by atomic mass is 32.2. The molecule has 0 unspecified atom stereocenters. The second kappa shape index (κ2) is 11.9. The van der Waals surface area contributed by atoms with Crippen LogP contribution in [0.2, 0.25) is 0 Å². The summed E-state index contributed by atoms with van der Waals surface area (Å²) < 4.78 is 42.4. The topological polar surface area (TPSA) is 136 Å². The molecule has 1 amide bonds. The largest absolute Gasteiger partial charge is 0.445 e. The molecule has 228 valence electrons. The molecule has 0 aliphatic carbocycles. The highest BCUT2D eigenvalue weighted by Gasteiger charge is 2.25. The Kier molecular flexibility index (Phi) is 7.81. The Morgan fingerprint density at radius 1 is 0.978 bits per heavy atom. The third kappa shape index (κ3) is 5.75. The molecule has 11 nitrogen and oxygen atoms in total. The van der Waals surface area contributed by atoms with Gasteiger partial charge in [-0.15, -0.1) is 0 Å². The Bertz CT molecular complexity index is 2100. The molecule has 0 saturated heterocycles. The maximum Gasteiger partial charge on any atom is 0.264 e. The van der Waals surface area contributed by atoms with E-state index in [1.807, 2.05) is 49.4 Å². The molecule has 12 heteroatoms. The van der Waals surface area contributed by atoms with E-state index in [0.29, 0.717) is 50.7 Å². The molecule has 0 radical (unpaired) electrons. The lowest BCUT2D eigenvalue weighted by Crippen LogP contribution is -2.27. The van der Waals surface area contributed by atoms with Crippen LogP contribution in [0.3, 0.4) is 0 Å². The number of rotatable bonds is 9. The number of oxazole rings is 1. The van der Waals surface area contributed by atoms with E-state index in [-0.39, 0.29) is 23.2 Å². The zero-order valence-corrected chi connectivity index (χ0v) is 25.9. The fourth-order valence-corrected chi connectivity index (χ4v) is 6.35.